The minimum absolute atomic E-state index is 0.337. The number of rotatable bonds is 10. The molecule has 1 N–H and O–H groups in total. The first kappa shape index (κ1) is 18.0. The molecule has 2 aromatic carbocycles. The molecule has 24 heavy (non-hydrogen) atoms. The summed E-state index contributed by atoms with van der Waals surface area (Å²) in [7, 11) is 1.66. The van der Waals surface area contributed by atoms with E-state index >= 15 is 0 Å². The molecule has 0 bridgehead atoms. The molecular formula is C20H24O4. The van der Waals surface area contributed by atoms with E-state index in [0.29, 0.717) is 18.8 Å². The summed E-state index contributed by atoms with van der Waals surface area (Å²) >= 11 is 0. The van der Waals surface area contributed by atoms with Gasteiger partial charge in [0.2, 0.25) is 0 Å². The summed E-state index contributed by atoms with van der Waals surface area (Å²) in [6.45, 7) is 1.15. The fourth-order valence-corrected chi connectivity index (χ4v) is 2.51. The Bertz CT molecular complexity index is 634. The van der Waals surface area contributed by atoms with E-state index in [2.05, 4.69) is 12.1 Å². The van der Waals surface area contributed by atoms with Crippen LogP contribution in [0.5, 0.6) is 5.75 Å². The van der Waals surface area contributed by atoms with Gasteiger partial charge in [0.05, 0.1) is 12.2 Å². The van der Waals surface area contributed by atoms with Crippen LogP contribution in [0.1, 0.15) is 34.3 Å². The van der Waals surface area contributed by atoms with Crippen LogP contribution in [0.25, 0.3) is 0 Å². The number of benzene rings is 2. The maximum Gasteiger partial charge on any atom is 0.335 e. The largest absolute Gasteiger partial charge is 0.491 e. The molecule has 0 radical (unpaired) electrons. The third kappa shape index (κ3) is 6.05. The standard InChI is InChI=1S/C20H24O4/c1-23-13-14-24-19-8-4-7-17(15-19)6-3-2-5-16-9-11-18(12-10-16)20(21)22/h4,7-12,15H,2-3,5-6,13-14H2,1H3,(H,21,22). The smallest absolute Gasteiger partial charge is 0.335 e. The normalized spacial score (nSPS) is 10.5. The van der Waals surface area contributed by atoms with Crippen molar-refractivity contribution in [1.82, 2.24) is 0 Å². The maximum atomic E-state index is 10.8. The highest BCUT2D eigenvalue weighted by molar-refractivity contribution is 5.87. The van der Waals surface area contributed by atoms with Crippen molar-refractivity contribution in [2.24, 2.45) is 0 Å². The van der Waals surface area contributed by atoms with Gasteiger partial charge in [-0.3, -0.25) is 0 Å². The number of methoxy groups -OCH3 is 1. The lowest BCUT2D eigenvalue weighted by molar-refractivity contribution is 0.0697. The molecule has 2 rings (SSSR count). The number of carboxylic acids is 1. The maximum absolute atomic E-state index is 10.8. The quantitative estimate of drug-likeness (QED) is 0.670. The van der Waals surface area contributed by atoms with Crippen molar-refractivity contribution in [3.8, 4) is 5.75 Å². The molecule has 0 amide bonds. The van der Waals surface area contributed by atoms with E-state index in [1.165, 1.54) is 11.1 Å². The molecule has 0 saturated carbocycles. The number of ether oxygens (including phenoxy) is 2. The second kappa shape index (κ2) is 9.73. The van der Waals surface area contributed by atoms with Crippen LogP contribution in [0.2, 0.25) is 0 Å². The summed E-state index contributed by atoms with van der Waals surface area (Å²) in [6.07, 6.45) is 4.13. The first-order chi connectivity index (χ1) is 11.7. The van der Waals surface area contributed by atoms with E-state index in [9.17, 15) is 4.79 Å². The van der Waals surface area contributed by atoms with Crippen molar-refractivity contribution in [2.45, 2.75) is 25.7 Å². The van der Waals surface area contributed by atoms with Gasteiger partial charge in [-0.1, -0.05) is 24.3 Å². The van der Waals surface area contributed by atoms with Crippen LogP contribution in [0.4, 0.5) is 0 Å². The van der Waals surface area contributed by atoms with Crippen LogP contribution < -0.4 is 4.74 Å². The Morgan fingerprint density at radius 1 is 0.958 bits per heavy atom. The van der Waals surface area contributed by atoms with Gasteiger partial charge in [0, 0.05) is 7.11 Å². The lowest BCUT2D eigenvalue weighted by atomic mass is 10.0. The Balaban J connectivity index is 1.73. The predicted octanol–water partition coefficient (Wildman–Crippen LogP) is 3.98. The molecule has 0 heterocycles. The lowest BCUT2D eigenvalue weighted by Gasteiger charge is -2.08. The summed E-state index contributed by atoms with van der Waals surface area (Å²) < 4.78 is 10.6. The van der Waals surface area contributed by atoms with Crippen LogP contribution >= 0.6 is 0 Å². The topological polar surface area (TPSA) is 55.8 Å². The predicted molar refractivity (Wildman–Crippen MR) is 93.9 cm³/mol. The van der Waals surface area contributed by atoms with Crippen molar-refractivity contribution < 1.29 is 19.4 Å². The zero-order valence-electron chi connectivity index (χ0n) is 14.0. The van der Waals surface area contributed by atoms with Crippen LogP contribution in [0.15, 0.2) is 48.5 Å². The molecule has 0 atom stereocenters. The molecule has 0 aliphatic rings. The fraction of sp³-hybridized carbons (Fsp3) is 0.350. The molecule has 4 nitrogen and oxygen atoms in total. The van der Waals surface area contributed by atoms with E-state index < -0.39 is 5.97 Å². The summed E-state index contributed by atoms with van der Waals surface area (Å²) in [5.74, 6) is 0.00274. The zero-order chi connectivity index (χ0) is 17.2. The molecule has 0 unspecified atom stereocenters. The first-order valence-electron chi connectivity index (χ1n) is 8.22. The number of unbranched alkanes of at least 4 members (excludes halogenated alkanes) is 1. The molecule has 2 aromatic rings. The molecule has 4 heteroatoms. The highest BCUT2D eigenvalue weighted by Crippen LogP contribution is 2.16. The van der Waals surface area contributed by atoms with Gasteiger partial charge in [-0.05, 0) is 61.1 Å². The van der Waals surface area contributed by atoms with Crippen LogP contribution in [0, 0.1) is 0 Å². The van der Waals surface area contributed by atoms with Gasteiger partial charge in [0.25, 0.3) is 0 Å². The van der Waals surface area contributed by atoms with Gasteiger partial charge >= 0.3 is 5.97 Å². The number of carboxylic acid groups (broad SMARTS) is 1. The molecule has 0 fully saturated rings. The summed E-state index contributed by atoms with van der Waals surface area (Å²) in [5, 5.41) is 8.89. The van der Waals surface area contributed by atoms with Crippen molar-refractivity contribution in [2.75, 3.05) is 20.3 Å². The van der Waals surface area contributed by atoms with Gasteiger partial charge in [-0.25, -0.2) is 4.79 Å². The Hall–Kier alpha value is -2.33. The van der Waals surface area contributed by atoms with Crippen molar-refractivity contribution in [1.29, 1.82) is 0 Å². The number of carbonyl (C=O) groups is 1. The Labute approximate surface area is 143 Å². The second-order valence-electron chi connectivity index (χ2n) is 5.70. The third-order valence-electron chi connectivity index (χ3n) is 3.84. The van der Waals surface area contributed by atoms with Crippen LogP contribution in [0.3, 0.4) is 0 Å². The molecule has 0 spiro atoms. The van der Waals surface area contributed by atoms with Crippen molar-refractivity contribution >= 4 is 5.97 Å². The summed E-state index contributed by atoms with van der Waals surface area (Å²) in [5.41, 5.74) is 2.78. The highest BCUT2D eigenvalue weighted by Gasteiger charge is 2.02. The zero-order valence-corrected chi connectivity index (χ0v) is 14.0. The van der Waals surface area contributed by atoms with E-state index in [1.807, 2.05) is 24.3 Å². The highest BCUT2D eigenvalue weighted by atomic mass is 16.5. The SMILES string of the molecule is COCCOc1cccc(CCCCc2ccc(C(=O)O)cc2)c1. The first-order valence-corrected chi connectivity index (χ1v) is 8.22. The average Bonchev–Trinajstić information content (AvgIpc) is 2.60. The number of aromatic carboxylic acids is 1. The number of hydrogen-bond acceptors (Lipinski definition) is 3. The van der Waals surface area contributed by atoms with E-state index in [4.69, 9.17) is 14.6 Å². The summed E-state index contributed by atoms with van der Waals surface area (Å²) in [6, 6.07) is 15.3. The monoisotopic (exact) mass is 328 g/mol. The Kier molecular flexibility index (Phi) is 7.30. The molecule has 0 aliphatic heterocycles. The minimum Gasteiger partial charge on any atom is -0.491 e. The van der Waals surface area contributed by atoms with Crippen LogP contribution in [-0.2, 0) is 17.6 Å². The lowest BCUT2D eigenvalue weighted by Crippen LogP contribution is -2.04. The van der Waals surface area contributed by atoms with Gasteiger partial charge in [-0.15, -0.1) is 0 Å². The van der Waals surface area contributed by atoms with Crippen LogP contribution in [-0.4, -0.2) is 31.4 Å². The van der Waals surface area contributed by atoms with Gasteiger partial charge in [0.1, 0.15) is 12.4 Å². The molecule has 0 aromatic heterocycles. The third-order valence-corrected chi connectivity index (χ3v) is 3.84. The summed E-state index contributed by atoms with van der Waals surface area (Å²) in [4.78, 5) is 10.8. The second-order valence-corrected chi connectivity index (χ2v) is 5.70. The number of aryl methyl sites for hydroxylation is 2. The molecule has 0 aliphatic carbocycles. The van der Waals surface area contributed by atoms with Gasteiger partial charge in [0.15, 0.2) is 0 Å². The van der Waals surface area contributed by atoms with E-state index in [1.54, 1.807) is 19.2 Å². The van der Waals surface area contributed by atoms with Gasteiger partial charge in [-0.2, -0.15) is 0 Å². The number of hydrogen-bond donors (Lipinski definition) is 1. The molecule has 0 saturated heterocycles. The Morgan fingerprint density at radius 2 is 1.67 bits per heavy atom. The molecule has 128 valence electrons. The van der Waals surface area contributed by atoms with Gasteiger partial charge < -0.3 is 14.6 Å². The average molecular weight is 328 g/mol. The van der Waals surface area contributed by atoms with Crippen molar-refractivity contribution in [3.05, 3.63) is 65.2 Å². The van der Waals surface area contributed by atoms with Crippen molar-refractivity contribution in [3.63, 3.8) is 0 Å². The fourth-order valence-electron chi connectivity index (χ4n) is 2.51. The minimum atomic E-state index is -0.880. The van der Waals surface area contributed by atoms with E-state index in [0.717, 1.165) is 31.4 Å². The van der Waals surface area contributed by atoms with E-state index in [-0.39, 0.29) is 0 Å². The molecular weight excluding hydrogens is 304 g/mol. The Morgan fingerprint density at radius 3 is 2.33 bits per heavy atom.